The largest absolute Gasteiger partial charge is 0.450 e. The van der Waals surface area contributed by atoms with Gasteiger partial charge in [-0.15, -0.1) is 0 Å². The van der Waals surface area contributed by atoms with Gasteiger partial charge in [-0.25, -0.2) is 0 Å². The van der Waals surface area contributed by atoms with Gasteiger partial charge in [-0.1, -0.05) is 30.3 Å². The van der Waals surface area contributed by atoms with Crippen molar-refractivity contribution in [2.75, 3.05) is 4.90 Å². The van der Waals surface area contributed by atoms with Crippen LogP contribution in [0, 0.1) is 0 Å². The summed E-state index contributed by atoms with van der Waals surface area (Å²) < 4.78 is 6.66. The maximum absolute atomic E-state index is 12.9. The molecule has 2 aromatic carbocycles. The van der Waals surface area contributed by atoms with E-state index in [9.17, 15) is 4.79 Å². The lowest BCUT2D eigenvalue weighted by Gasteiger charge is -2.21. The monoisotopic (exact) mass is 355 g/mol. The standard InChI is InChI=1S/C18H14BrNO2/c1-11-9-12-5-2-3-8-15(12)20(11)18(21)16-10-13-6-4-7-14(19)17(13)22-16/h2-8,10-11H,9H2,1H3. The fraction of sp³-hybridized carbons (Fsp3) is 0.167. The quantitative estimate of drug-likeness (QED) is 0.628. The Morgan fingerprint density at radius 3 is 2.86 bits per heavy atom. The number of para-hydroxylation sites is 2. The van der Waals surface area contributed by atoms with Crippen LogP contribution in [0.15, 0.2) is 57.4 Å². The van der Waals surface area contributed by atoms with Crippen LogP contribution in [-0.4, -0.2) is 11.9 Å². The summed E-state index contributed by atoms with van der Waals surface area (Å²) >= 11 is 3.46. The van der Waals surface area contributed by atoms with Gasteiger partial charge in [-0.2, -0.15) is 0 Å². The highest BCUT2D eigenvalue weighted by Crippen LogP contribution is 2.34. The molecular formula is C18H14BrNO2. The normalized spacial score (nSPS) is 17.0. The molecule has 1 atom stereocenters. The molecule has 1 aliphatic heterocycles. The molecule has 0 saturated heterocycles. The van der Waals surface area contributed by atoms with Crippen LogP contribution in [0.25, 0.3) is 11.0 Å². The Labute approximate surface area is 136 Å². The second-order valence-electron chi connectivity index (χ2n) is 5.63. The fourth-order valence-corrected chi connectivity index (χ4v) is 3.59. The maximum atomic E-state index is 12.9. The average molecular weight is 356 g/mol. The van der Waals surface area contributed by atoms with Crippen molar-refractivity contribution < 1.29 is 9.21 Å². The summed E-state index contributed by atoms with van der Waals surface area (Å²) in [5.74, 6) is 0.297. The number of carbonyl (C=O) groups is 1. The van der Waals surface area contributed by atoms with E-state index in [1.165, 1.54) is 5.56 Å². The lowest BCUT2D eigenvalue weighted by molar-refractivity contribution is 0.0956. The van der Waals surface area contributed by atoms with Gasteiger partial charge in [-0.3, -0.25) is 4.79 Å². The highest BCUT2D eigenvalue weighted by atomic mass is 79.9. The molecule has 1 aromatic heterocycles. The van der Waals surface area contributed by atoms with E-state index in [-0.39, 0.29) is 11.9 Å². The SMILES string of the molecule is CC1Cc2ccccc2N1C(=O)c1cc2cccc(Br)c2o1. The first-order valence-electron chi connectivity index (χ1n) is 7.24. The minimum Gasteiger partial charge on any atom is -0.450 e. The minimum atomic E-state index is -0.0828. The van der Waals surface area contributed by atoms with Crippen LogP contribution in [0.5, 0.6) is 0 Å². The molecule has 22 heavy (non-hydrogen) atoms. The minimum absolute atomic E-state index is 0.0828. The number of hydrogen-bond acceptors (Lipinski definition) is 2. The lowest BCUT2D eigenvalue weighted by Crippen LogP contribution is -2.35. The van der Waals surface area contributed by atoms with Gasteiger partial charge in [0.25, 0.3) is 5.91 Å². The second-order valence-corrected chi connectivity index (χ2v) is 6.48. The number of anilines is 1. The molecule has 0 fully saturated rings. The second kappa shape index (κ2) is 4.99. The van der Waals surface area contributed by atoms with Gasteiger partial charge in [0, 0.05) is 17.1 Å². The Balaban J connectivity index is 1.79. The molecule has 0 bridgehead atoms. The zero-order valence-corrected chi connectivity index (χ0v) is 13.6. The number of furan rings is 1. The first-order chi connectivity index (χ1) is 10.6. The van der Waals surface area contributed by atoms with Gasteiger partial charge in [0.05, 0.1) is 4.47 Å². The zero-order chi connectivity index (χ0) is 15.3. The molecule has 0 spiro atoms. The molecule has 3 nitrogen and oxygen atoms in total. The van der Waals surface area contributed by atoms with Gasteiger partial charge < -0.3 is 9.32 Å². The summed E-state index contributed by atoms with van der Waals surface area (Å²) in [6, 6.07) is 15.8. The van der Waals surface area contributed by atoms with Crippen molar-refractivity contribution in [3.63, 3.8) is 0 Å². The summed E-state index contributed by atoms with van der Waals surface area (Å²) in [4.78, 5) is 14.8. The highest BCUT2D eigenvalue weighted by Gasteiger charge is 2.32. The van der Waals surface area contributed by atoms with E-state index in [0.29, 0.717) is 11.3 Å². The molecule has 1 unspecified atom stereocenters. The molecule has 110 valence electrons. The molecular weight excluding hydrogens is 342 g/mol. The Kier molecular flexibility index (Phi) is 3.08. The molecule has 4 rings (SSSR count). The highest BCUT2D eigenvalue weighted by molar-refractivity contribution is 9.10. The summed E-state index contributed by atoms with van der Waals surface area (Å²) in [5.41, 5.74) is 2.91. The number of carbonyl (C=O) groups excluding carboxylic acids is 1. The van der Waals surface area contributed by atoms with Crippen LogP contribution in [0.2, 0.25) is 0 Å². The summed E-state index contributed by atoms with van der Waals surface area (Å²) in [6.45, 7) is 2.07. The van der Waals surface area contributed by atoms with Crippen LogP contribution < -0.4 is 4.90 Å². The van der Waals surface area contributed by atoms with Crippen LogP contribution in [-0.2, 0) is 6.42 Å². The van der Waals surface area contributed by atoms with Crippen LogP contribution in [0.1, 0.15) is 23.0 Å². The molecule has 1 amide bonds. The van der Waals surface area contributed by atoms with Gasteiger partial charge in [0.15, 0.2) is 5.76 Å². The predicted molar refractivity (Wildman–Crippen MR) is 90.3 cm³/mol. The van der Waals surface area contributed by atoms with Crippen molar-refractivity contribution in [2.45, 2.75) is 19.4 Å². The molecule has 3 aromatic rings. The van der Waals surface area contributed by atoms with Crippen molar-refractivity contribution in [2.24, 2.45) is 0 Å². The van der Waals surface area contributed by atoms with E-state index < -0.39 is 0 Å². The van der Waals surface area contributed by atoms with Crippen LogP contribution in [0.3, 0.4) is 0 Å². The Morgan fingerprint density at radius 1 is 1.23 bits per heavy atom. The van der Waals surface area contributed by atoms with E-state index >= 15 is 0 Å². The average Bonchev–Trinajstić information content (AvgIpc) is 3.07. The van der Waals surface area contributed by atoms with E-state index in [1.807, 2.05) is 47.4 Å². The topological polar surface area (TPSA) is 33.5 Å². The van der Waals surface area contributed by atoms with E-state index in [0.717, 1.165) is 22.0 Å². The van der Waals surface area contributed by atoms with Crippen LogP contribution >= 0.6 is 15.9 Å². The first kappa shape index (κ1) is 13.6. The van der Waals surface area contributed by atoms with Gasteiger partial charge in [0.2, 0.25) is 0 Å². The van der Waals surface area contributed by atoms with Crippen molar-refractivity contribution >= 4 is 38.5 Å². The third-order valence-electron chi connectivity index (χ3n) is 4.13. The molecule has 0 N–H and O–H groups in total. The van der Waals surface area contributed by atoms with E-state index in [1.54, 1.807) is 0 Å². The Morgan fingerprint density at radius 2 is 2.05 bits per heavy atom. The summed E-state index contributed by atoms with van der Waals surface area (Å²) in [7, 11) is 0. The van der Waals surface area contributed by atoms with Gasteiger partial charge in [0.1, 0.15) is 5.58 Å². The molecule has 0 aliphatic carbocycles. The number of benzene rings is 2. The number of nitrogens with zero attached hydrogens (tertiary/aromatic N) is 1. The van der Waals surface area contributed by atoms with Crippen molar-refractivity contribution in [3.8, 4) is 0 Å². The Hall–Kier alpha value is -2.07. The molecule has 4 heteroatoms. The number of fused-ring (bicyclic) bond motifs is 2. The predicted octanol–water partition coefficient (Wildman–Crippen LogP) is 4.79. The molecule has 0 saturated carbocycles. The lowest BCUT2D eigenvalue weighted by atomic mass is 10.1. The number of amides is 1. The first-order valence-corrected chi connectivity index (χ1v) is 8.04. The Bertz CT molecular complexity index is 884. The molecule has 2 heterocycles. The van der Waals surface area contributed by atoms with Crippen LogP contribution in [0.4, 0.5) is 5.69 Å². The van der Waals surface area contributed by atoms with E-state index in [2.05, 4.69) is 28.9 Å². The number of rotatable bonds is 1. The molecule has 0 radical (unpaired) electrons. The van der Waals surface area contributed by atoms with Crippen molar-refractivity contribution in [1.29, 1.82) is 0 Å². The van der Waals surface area contributed by atoms with E-state index in [4.69, 9.17) is 4.42 Å². The van der Waals surface area contributed by atoms with Crippen molar-refractivity contribution in [3.05, 3.63) is 64.3 Å². The van der Waals surface area contributed by atoms with Crippen molar-refractivity contribution in [1.82, 2.24) is 0 Å². The number of halogens is 1. The van der Waals surface area contributed by atoms with Gasteiger partial charge >= 0.3 is 0 Å². The maximum Gasteiger partial charge on any atom is 0.294 e. The summed E-state index contributed by atoms with van der Waals surface area (Å²) in [5, 5.41) is 0.929. The molecule has 1 aliphatic rings. The van der Waals surface area contributed by atoms with Gasteiger partial charge in [-0.05, 0) is 53.0 Å². The third kappa shape index (κ3) is 1.98. The zero-order valence-electron chi connectivity index (χ0n) is 12.0. The smallest absolute Gasteiger partial charge is 0.294 e. The fourth-order valence-electron chi connectivity index (χ4n) is 3.13. The number of hydrogen-bond donors (Lipinski definition) is 0. The third-order valence-corrected chi connectivity index (χ3v) is 4.76. The summed E-state index contributed by atoms with van der Waals surface area (Å²) in [6.07, 6.45) is 0.881.